The SMILES string of the molecule is CCOc1cc(C(=Nc2ccc(-c3noc(C)n3)cc2)C(=N)SC)cc2c1OCOC2.COC(C)=O. The third-order valence-corrected chi connectivity index (χ3v) is 5.45. The summed E-state index contributed by atoms with van der Waals surface area (Å²) < 4.78 is 26.0. The van der Waals surface area contributed by atoms with Gasteiger partial charge in [-0.1, -0.05) is 5.16 Å². The van der Waals surface area contributed by atoms with Gasteiger partial charge >= 0.3 is 5.97 Å². The molecule has 1 aliphatic heterocycles. The lowest BCUT2D eigenvalue weighted by Crippen LogP contribution is -2.16. The molecule has 0 atom stereocenters. The maximum atomic E-state index is 9.59. The number of nitrogens with one attached hydrogen (secondary N) is 1. The zero-order valence-corrected chi connectivity index (χ0v) is 21.6. The fraction of sp³-hybridized carbons (Fsp3) is 0.320. The third-order valence-electron chi connectivity index (χ3n) is 4.85. The summed E-state index contributed by atoms with van der Waals surface area (Å²) in [7, 11) is 1.35. The quantitative estimate of drug-likeness (QED) is 0.277. The number of esters is 1. The molecule has 1 N–H and O–H groups in total. The number of rotatable bonds is 6. The van der Waals surface area contributed by atoms with E-state index in [1.165, 1.54) is 25.8 Å². The lowest BCUT2D eigenvalue weighted by Gasteiger charge is -2.22. The van der Waals surface area contributed by atoms with Gasteiger partial charge in [-0.15, -0.1) is 11.8 Å². The van der Waals surface area contributed by atoms with Crippen molar-refractivity contribution in [1.82, 2.24) is 10.1 Å². The van der Waals surface area contributed by atoms with E-state index in [1.54, 1.807) is 6.92 Å². The number of benzene rings is 2. The minimum atomic E-state index is -0.245. The Hall–Kier alpha value is -3.70. The highest BCUT2D eigenvalue weighted by Gasteiger charge is 2.21. The lowest BCUT2D eigenvalue weighted by atomic mass is 10.0. The van der Waals surface area contributed by atoms with Crippen molar-refractivity contribution in [3.63, 3.8) is 0 Å². The van der Waals surface area contributed by atoms with Gasteiger partial charge in [-0.2, -0.15) is 4.98 Å². The summed E-state index contributed by atoms with van der Waals surface area (Å²) in [6.45, 7) is 6.15. The summed E-state index contributed by atoms with van der Waals surface area (Å²) in [5.74, 6) is 2.11. The standard InChI is InChI=1S/C22H22N4O4S.C3H6O2/c1-4-28-18-10-15(9-16-11-27-12-29-20(16)18)19(21(23)31-3)25-17-7-5-14(6-8-17)22-24-13(2)30-26-22;1-3(4)5-2/h5-10,23H,4,11-12H2,1-3H3;1-2H3. The Morgan fingerprint density at radius 3 is 2.56 bits per heavy atom. The molecule has 0 amide bonds. The molecule has 2 aromatic carbocycles. The van der Waals surface area contributed by atoms with Crippen molar-refractivity contribution >= 4 is 34.2 Å². The molecule has 1 aromatic heterocycles. The minimum absolute atomic E-state index is 0.195. The molecular weight excluding hydrogens is 484 g/mol. The molecular formula is C25H28N4O6S. The number of fused-ring (bicyclic) bond motifs is 1. The number of carbonyl (C=O) groups is 1. The van der Waals surface area contributed by atoms with E-state index in [0.29, 0.717) is 52.9 Å². The van der Waals surface area contributed by atoms with Crippen LogP contribution in [0, 0.1) is 12.3 Å². The average Bonchev–Trinajstić information content (AvgIpc) is 3.33. The van der Waals surface area contributed by atoms with Crippen LogP contribution in [0.25, 0.3) is 11.4 Å². The van der Waals surface area contributed by atoms with Crippen LogP contribution in [0.4, 0.5) is 5.69 Å². The van der Waals surface area contributed by atoms with Gasteiger partial charge in [0.05, 0.1) is 26.0 Å². The molecule has 0 unspecified atom stereocenters. The molecule has 0 bridgehead atoms. The lowest BCUT2D eigenvalue weighted by molar-refractivity contribution is -0.137. The van der Waals surface area contributed by atoms with E-state index in [-0.39, 0.29) is 12.8 Å². The Morgan fingerprint density at radius 1 is 1.25 bits per heavy atom. The van der Waals surface area contributed by atoms with Gasteiger partial charge in [-0.25, -0.2) is 4.99 Å². The average molecular weight is 513 g/mol. The van der Waals surface area contributed by atoms with Crippen molar-refractivity contribution in [1.29, 1.82) is 5.41 Å². The van der Waals surface area contributed by atoms with Crippen LogP contribution in [0.2, 0.25) is 0 Å². The van der Waals surface area contributed by atoms with Crippen LogP contribution in [0.1, 0.15) is 30.9 Å². The minimum Gasteiger partial charge on any atom is -0.490 e. The third kappa shape index (κ3) is 6.92. The first-order valence-corrected chi connectivity index (χ1v) is 12.3. The number of aromatic nitrogens is 2. The molecule has 1 aliphatic rings. The van der Waals surface area contributed by atoms with Crippen molar-refractivity contribution in [2.75, 3.05) is 26.8 Å². The molecule has 190 valence electrons. The van der Waals surface area contributed by atoms with Gasteiger partial charge in [-0.3, -0.25) is 10.2 Å². The van der Waals surface area contributed by atoms with Crippen molar-refractivity contribution in [2.45, 2.75) is 27.4 Å². The number of methoxy groups -OCH3 is 1. The van der Waals surface area contributed by atoms with Crippen LogP contribution >= 0.6 is 11.8 Å². The van der Waals surface area contributed by atoms with Crippen molar-refractivity contribution in [3.05, 3.63) is 53.4 Å². The number of nitrogens with zero attached hydrogens (tertiary/aromatic N) is 3. The second kappa shape index (κ2) is 12.8. The fourth-order valence-corrected chi connectivity index (χ4v) is 3.51. The van der Waals surface area contributed by atoms with Crippen LogP contribution in [0.5, 0.6) is 11.5 Å². The Labute approximate surface area is 213 Å². The molecule has 36 heavy (non-hydrogen) atoms. The van der Waals surface area contributed by atoms with Gasteiger partial charge in [0.25, 0.3) is 0 Å². The zero-order chi connectivity index (χ0) is 26.1. The highest BCUT2D eigenvalue weighted by atomic mass is 32.2. The first kappa shape index (κ1) is 26.9. The number of thioether (sulfide) groups is 1. The van der Waals surface area contributed by atoms with Gasteiger partial charge in [0, 0.05) is 30.5 Å². The Kier molecular flexibility index (Phi) is 9.60. The summed E-state index contributed by atoms with van der Waals surface area (Å²) in [5.41, 5.74) is 3.73. The van der Waals surface area contributed by atoms with Crippen LogP contribution in [-0.2, 0) is 20.9 Å². The predicted octanol–water partition coefficient (Wildman–Crippen LogP) is 4.95. The number of hydrogen-bond donors (Lipinski definition) is 1. The fourth-order valence-electron chi connectivity index (χ4n) is 3.16. The summed E-state index contributed by atoms with van der Waals surface area (Å²) in [4.78, 5) is 18.6. The molecule has 0 saturated heterocycles. The first-order chi connectivity index (χ1) is 17.4. The topological polar surface area (TPSA) is 129 Å². The molecule has 11 heteroatoms. The highest BCUT2D eigenvalue weighted by molar-refractivity contribution is 8.15. The normalized spacial score (nSPS) is 12.5. The summed E-state index contributed by atoms with van der Waals surface area (Å²) in [6.07, 6.45) is 1.85. The van der Waals surface area contributed by atoms with E-state index in [4.69, 9.17) is 29.1 Å². The molecule has 4 rings (SSSR count). The first-order valence-electron chi connectivity index (χ1n) is 11.0. The summed E-state index contributed by atoms with van der Waals surface area (Å²) >= 11 is 1.32. The van der Waals surface area contributed by atoms with E-state index in [1.807, 2.05) is 49.6 Å². The zero-order valence-electron chi connectivity index (χ0n) is 20.8. The summed E-state index contributed by atoms with van der Waals surface area (Å²) in [5, 5.41) is 12.8. The van der Waals surface area contributed by atoms with Crippen molar-refractivity contribution in [2.24, 2.45) is 4.99 Å². The monoisotopic (exact) mass is 512 g/mol. The number of aryl methyl sites for hydroxylation is 1. The van der Waals surface area contributed by atoms with E-state index in [0.717, 1.165) is 16.7 Å². The van der Waals surface area contributed by atoms with Gasteiger partial charge in [0.2, 0.25) is 11.7 Å². The number of carbonyl (C=O) groups excluding carboxylic acids is 1. The predicted molar refractivity (Wildman–Crippen MR) is 137 cm³/mol. The molecule has 0 spiro atoms. The van der Waals surface area contributed by atoms with E-state index in [2.05, 4.69) is 14.9 Å². The molecule has 0 saturated carbocycles. The Bertz CT molecular complexity index is 1240. The molecule has 3 aromatic rings. The maximum absolute atomic E-state index is 9.59. The van der Waals surface area contributed by atoms with Gasteiger partial charge < -0.3 is 23.5 Å². The largest absolute Gasteiger partial charge is 0.490 e. The summed E-state index contributed by atoms with van der Waals surface area (Å²) in [6, 6.07) is 11.3. The number of hydrogen-bond acceptors (Lipinski definition) is 11. The van der Waals surface area contributed by atoms with Crippen LogP contribution < -0.4 is 9.47 Å². The van der Waals surface area contributed by atoms with Gasteiger partial charge in [0.1, 0.15) is 10.8 Å². The van der Waals surface area contributed by atoms with E-state index in [9.17, 15) is 4.79 Å². The molecule has 0 fully saturated rings. The molecule has 0 radical (unpaired) electrons. The second-order valence-electron chi connectivity index (χ2n) is 7.38. The Balaban J connectivity index is 0.000000658. The van der Waals surface area contributed by atoms with E-state index < -0.39 is 0 Å². The van der Waals surface area contributed by atoms with Crippen LogP contribution in [0.15, 0.2) is 45.9 Å². The van der Waals surface area contributed by atoms with Crippen LogP contribution in [0.3, 0.4) is 0 Å². The van der Waals surface area contributed by atoms with Crippen molar-refractivity contribution < 1.29 is 28.3 Å². The maximum Gasteiger partial charge on any atom is 0.302 e. The van der Waals surface area contributed by atoms with Gasteiger partial charge in [0.15, 0.2) is 18.3 Å². The smallest absolute Gasteiger partial charge is 0.302 e. The number of ether oxygens (including phenoxy) is 4. The highest BCUT2D eigenvalue weighted by Crippen LogP contribution is 2.36. The number of aliphatic imine (C=N–C) groups is 1. The molecule has 0 aliphatic carbocycles. The van der Waals surface area contributed by atoms with E-state index >= 15 is 0 Å². The second-order valence-corrected chi connectivity index (χ2v) is 8.20. The van der Waals surface area contributed by atoms with Gasteiger partial charge in [-0.05, 0) is 49.6 Å². The van der Waals surface area contributed by atoms with Crippen molar-refractivity contribution in [3.8, 4) is 22.9 Å². The Morgan fingerprint density at radius 2 is 1.97 bits per heavy atom. The molecule has 10 nitrogen and oxygen atoms in total. The van der Waals surface area contributed by atoms with Crippen LogP contribution in [-0.4, -0.2) is 53.6 Å². The molecule has 2 heterocycles.